The van der Waals surface area contributed by atoms with Crippen molar-refractivity contribution < 1.29 is 13.6 Å². The number of benzene rings is 2. The van der Waals surface area contributed by atoms with Crippen molar-refractivity contribution in [2.24, 2.45) is 0 Å². The first kappa shape index (κ1) is 26.3. The van der Waals surface area contributed by atoms with Crippen molar-refractivity contribution in [3.8, 4) is 0 Å². The van der Waals surface area contributed by atoms with Crippen molar-refractivity contribution >= 4 is 52.0 Å². The zero-order valence-electron chi connectivity index (χ0n) is 17.2. The second-order valence-corrected chi connectivity index (χ2v) is 8.71. The van der Waals surface area contributed by atoms with E-state index in [9.17, 15) is 13.6 Å². The van der Waals surface area contributed by atoms with Crippen molar-refractivity contribution in [3.63, 3.8) is 0 Å². The maximum Gasteiger partial charge on any atom is 0.251 e. The number of halogens is 4. The van der Waals surface area contributed by atoms with Crippen LogP contribution in [0.25, 0.3) is 0 Å². The van der Waals surface area contributed by atoms with E-state index in [0.717, 1.165) is 24.2 Å². The number of carbonyl (C=O) groups excluding carboxylic acids is 1. The molecular formula is C22H26Cl2F2N2OS2. The Labute approximate surface area is 201 Å². The van der Waals surface area contributed by atoms with Crippen molar-refractivity contribution in [1.82, 2.24) is 9.62 Å². The van der Waals surface area contributed by atoms with Crippen LogP contribution in [0.4, 0.5) is 8.78 Å². The minimum Gasteiger partial charge on any atom is -0.352 e. The minimum atomic E-state index is -0.943. The normalized spacial score (nSPS) is 18.3. The maximum atomic E-state index is 14.7. The zero-order chi connectivity index (χ0) is 22.8. The van der Waals surface area contributed by atoms with Gasteiger partial charge in [0.15, 0.2) is 0 Å². The van der Waals surface area contributed by atoms with Gasteiger partial charge in [0, 0.05) is 34.1 Å². The van der Waals surface area contributed by atoms with Gasteiger partial charge in [-0.15, -0.1) is 0 Å². The number of hydrogen-bond acceptors (Lipinski definition) is 4. The van der Waals surface area contributed by atoms with Gasteiger partial charge in [-0.3, -0.25) is 4.79 Å². The Balaban J connectivity index is 0.00000166. The molecule has 0 radical (unpaired) electrons. The predicted molar refractivity (Wildman–Crippen MR) is 129 cm³/mol. The van der Waals surface area contributed by atoms with Gasteiger partial charge < -0.3 is 5.32 Å². The Kier molecular flexibility index (Phi) is 11.5. The molecule has 3 rings (SSSR count). The van der Waals surface area contributed by atoms with Gasteiger partial charge in [0.05, 0.1) is 6.04 Å². The lowest BCUT2D eigenvalue weighted by atomic mass is 9.93. The summed E-state index contributed by atoms with van der Waals surface area (Å²) >= 11 is 10.4. The molecule has 0 aliphatic heterocycles. The van der Waals surface area contributed by atoms with E-state index in [1.807, 2.05) is 23.4 Å². The fraction of sp³-hybridized carbons (Fsp3) is 0.409. The number of amides is 1. The summed E-state index contributed by atoms with van der Waals surface area (Å²) in [6, 6.07) is 11.5. The number of alkyl halides is 1. The van der Waals surface area contributed by atoms with E-state index in [2.05, 4.69) is 27.8 Å². The lowest BCUT2D eigenvalue weighted by Crippen LogP contribution is -2.39. The molecule has 2 aromatic rings. The molecule has 0 bridgehead atoms. The molecule has 2 aromatic carbocycles. The smallest absolute Gasteiger partial charge is 0.251 e. The maximum absolute atomic E-state index is 14.7. The molecule has 9 heteroatoms. The van der Waals surface area contributed by atoms with E-state index < -0.39 is 12.0 Å². The summed E-state index contributed by atoms with van der Waals surface area (Å²) in [6.07, 6.45) is 2.16. The van der Waals surface area contributed by atoms with Crippen LogP contribution in [-0.2, 0) is 6.54 Å². The number of nitrogens with one attached hydrogen (secondary N) is 1. The van der Waals surface area contributed by atoms with Crippen molar-refractivity contribution in [3.05, 3.63) is 64.4 Å². The summed E-state index contributed by atoms with van der Waals surface area (Å²) in [6.45, 7) is 2.54. The number of thiol groups is 1. The van der Waals surface area contributed by atoms with Gasteiger partial charge in [-0.05, 0) is 78.8 Å². The molecule has 170 valence electrons. The summed E-state index contributed by atoms with van der Waals surface area (Å²) in [7, 11) is 4.33. The van der Waals surface area contributed by atoms with Gasteiger partial charge in [-0.1, -0.05) is 42.4 Å². The summed E-state index contributed by atoms with van der Waals surface area (Å²) in [4.78, 5) is 12.9. The Morgan fingerprint density at radius 1 is 1.19 bits per heavy atom. The largest absolute Gasteiger partial charge is 0.352 e. The number of rotatable bonds is 7. The monoisotopic (exact) mass is 506 g/mol. The topological polar surface area (TPSA) is 32.3 Å². The standard InChI is InChI=1S/C22H25ClF2N2OS.ClHS/c1-2-26-22(28)15-7-8-16(20(25)13-15)14-27(21-6-4-3-5-19(21)24)29-18-11-9-17(23)10-12-18;1-2/h7-13,19,21H,2-6,14H2,1H3,(H,26,28);2H. The highest BCUT2D eigenvalue weighted by atomic mass is 35.7. The molecule has 1 amide bonds. The molecule has 31 heavy (non-hydrogen) atoms. The van der Waals surface area contributed by atoms with Crippen LogP contribution >= 0.6 is 46.1 Å². The summed E-state index contributed by atoms with van der Waals surface area (Å²) in [5.74, 6) is -0.761. The lowest BCUT2D eigenvalue weighted by Gasteiger charge is -2.35. The average Bonchev–Trinajstić information content (AvgIpc) is 2.78. The average molecular weight is 507 g/mol. The van der Waals surface area contributed by atoms with Crippen LogP contribution in [-0.4, -0.2) is 29.0 Å². The first-order chi connectivity index (χ1) is 15.0. The van der Waals surface area contributed by atoms with Crippen LogP contribution in [0, 0.1) is 5.82 Å². The van der Waals surface area contributed by atoms with Gasteiger partial charge in [0.25, 0.3) is 5.91 Å². The molecule has 1 aliphatic rings. The number of carbonyl (C=O) groups is 1. The molecule has 0 saturated heterocycles. The van der Waals surface area contributed by atoms with E-state index in [1.165, 1.54) is 18.0 Å². The molecule has 1 fully saturated rings. The van der Waals surface area contributed by atoms with E-state index in [4.69, 9.17) is 11.6 Å². The first-order valence-corrected chi connectivity index (χ1v) is 12.6. The van der Waals surface area contributed by atoms with Crippen LogP contribution in [0.3, 0.4) is 0 Å². The third-order valence-corrected chi connectivity index (χ3v) is 6.40. The third-order valence-electron chi connectivity index (χ3n) is 5.03. The SMILES string of the molecule is CCNC(=O)c1ccc(CN(Sc2ccc(Cl)cc2)C2CCCCC2F)c(F)c1.SCl. The second-order valence-electron chi connectivity index (χ2n) is 7.15. The van der Waals surface area contributed by atoms with E-state index in [1.54, 1.807) is 24.3 Å². The van der Waals surface area contributed by atoms with Crippen LogP contribution in [0.2, 0.25) is 5.02 Å². The van der Waals surface area contributed by atoms with Gasteiger partial charge >= 0.3 is 0 Å². The van der Waals surface area contributed by atoms with Gasteiger partial charge in [0.2, 0.25) is 0 Å². The molecule has 1 aliphatic carbocycles. The van der Waals surface area contributed by atoms with E-state index in [-0.39, 0.29) is 24.1 Å². The molecule has 0 heterocycles. The minimum absolute atomic E-state index is 0.250. The molecule has 1 saturated carbocycles. The molecule has 2 atom stereocenters. The fourth-order valence-electron chi connectivity index (χ4n) is 3.49. The van der Waals surface area contributed by atoms with Crippen molar-refractivity contribution in [2.45, 2.75) is 56.3 Å². The second kappa shape index (κ2) is 13.5. The third kappa shape index (κ3) is 7.82. The number of nitrogens with zero attached hydrogens (tertiary/aromatic N) is 1. The Bertz CT molecular complexity index is 843. The lowest BCUT2D eigenvalue weighted by molar-refractivity contribution is 0.0955. The van der Waals surface area contributed by atoms with E-state index >= 15 is 0 Å². The van der Waals surface area contributed by atoms with Crippen LogP contribution in [0.1, 0.15) is 48.5 Å². The first-order valence-electron chi connectivity index (χ1n) is 10.1. The summed E-state index contributed by atoms with van der Waals surface area (Å²) in [5, 5.41) is 3.30. The van der Waals surface area contributed by atoms with Gasteiger partial charge in [-0.25, -0.2) is 13.1 Å². The molecule has 2 unspecified atom stereocenters. The zero-order valence-corrected chi connectivity index (χ0v) is 20.4. The van der Waals surface area contributed by atoms with Gasteiger partial charge in [0.1, 0.15) is 12.0 Å². The van der Waals surface area contributed by atoms with Crippen molar-refractivity contribution in [1.29, 1.82) is 0 Å². The molecule has 1 N–H and O–H groups in total. The fourth-order valence-corrected chi connectivity index (χ4v) is 4.72. The summed E-state index contributed by atoms with van der Waals surface area (Å²) in [5.41, 5.74) is 0.725. The highest BCUT2D eigenvalue weighted by Gasteiger charge is 2.31. The Morgan fingerprint density at radius 3 is 2.48 bits per heavy atom. The highest BCUT2D eigenvalue weighted by Crippen LogP contribution is 2.35. The van der Waals surface area contributed by atoms with Crippen LogP contribution in [0.5, 0.6) is 0 Å². The van der Waals surface area contributed by atoms with Gasteiger partial charge in [-0.2, -0.15) is 0 Å². The molecular weight excluding hydrogens is 481 g/mol. The summed E-state index contributed by atoms with van der Waals surface area (Å²) < 4.78 is 31.4. The van der Waals surface area contributed by atoms with Crippen LogP contribution < -0.4 is 5.32 Å². The molecule has 0 aromatic heterocycles. The van der Waals surface area contributed by atoms with Crippen molar-refractivity contribution in [2.75, 3.05) is 6.54 Å². The molecule has 3 nitrogen and oxygen atoms in total. The highest BCUT2D eigenvalue weighted by molar-refractivity contribution is 8.05. The Morgan fingerprint density at radius 2 is 1.87 bits per heavy atom. The Hall–Kier alpha value is -0.990. The number of hydrogen-bond donors (Lipinski definition) is 2. The van der Waals surface area contributed by atoms with Crippen LogP contribution in [0.15, 0.2) is 47.4 Å². The van der Waals surface area contributed by atoms with E-state index in [0.29, 0.717) is 23.6 Å². The molecule has 0 spiro atoms. The predicted octanol–water partition coefficient (Wildman–Crippen LogP) is 7.09. The quantitative estimate of drug-likeness (QED) is 0.310.